The van der Waals surface area contributed by atoms with Gasteiger partial charge >= 0.3 is 0 Å². The summed E-state index contributed by atoms with van der Waals surface area (Å²) in [6, 6.07) is 11.9. The van der Waals surface area contributed by atoms with Gasteiger partial charge in [-0.15, -0.1) is 0 Å². The van der Waals surface area contributed by atoms with Crippen LogP contribution >= 0.6 is 0 Å². The van der Waals surface area contributed by atoms with Gasteiger partial charge < -0.3 is 10.1 Å². The monoisotopic (exact) mass is 391 g/mol. The van der Waals surface area contributed by atoms with Gasteiger partial charge in [-0.1, -0.05) is 35.4 Å². The number of rotatable bonds is 4. The lowest BCUT2D eigenvalue weighted by Gasteiger charge is -2.32. The zero-order chi connectivity index (χ0) is 21.0. The summed E-state index contributed by atoms with van der Waals surface area (Å²) in [5, 5.41) is 6.02. The molecule has 1 aliphatic rings. The fraction of sp³-hybridized carbons (Fsp3) is 0.150. The third kappa shape index (κ3) is 3.95. The summed E-state index contributed by atoms with van der Waals surface area (Å²) in [6.45, 7) is 1.45. The lowest BCUT2D eigenvalue weighted by atomic mass is 10.1. The largest absolute Gasteiger partial charge is 0.497 e. The Labute approximate surface area is 166 Å². The predicted molar refractivity (Wildman–Crippen MR) is 105 cm³/mol. The number of nitrogens with one attached hydrogen (secondary N) is 1. The van der Waals surface area contributed by atoms with E-state index in [9.17, 15) is 14.4 Å². The first kappa shape index (κ1) is 19.7. The molecule has 0 aliphatic carbocycles. The topological polar surface area (TPSA) is 124 Å². The Hall–Kier alpha value is -4.10. The molecule has 1 fully saturated rings. The molecule has 29 heavy (non-hydrogen) atoms. The number of imide groups is 1. The number of amides is 3. The number of carbonyl (C=O) groups excluding carboxylic acids is 3. The van der Waals surface area contributed by atoms with E-state index >= 15 is 0 Å². The molecule has 0 bridgehead atoms. The number of azide groups is 1. The summed E-state index contributed by atoms with van der Waals surface area (Å²) in [6.07, 6.45) is 1.48. The fourth-order valence-corrected chi connectivity index (χ4v) is 2.87. The van der Waals surface area contributed by atoms with Crippen molar-refractivity contribution < 1.29 is 19.1 Å². The molecule has 1 unspecified atom stereocenters. The molecule has 146 valence electrons. The summed E-state index contributed by atoms with van der Waals surface area (Å²) in [5.74, 6) is -1.24. The van der Waals surface area contributed by atoms with E-state index in [1.165, 1.54) is 32.2 Å². The van der Waals surface area contributed by atoms with Crippen LogP contribution < -0.4 is 10.1 Å². The molecule has 1 saturated heterocycles. The Morgan fingerprint density at radius 2 is 1.90 bits per heavy atom. The number of ether oxygens (including phenoxy) is 1. The summed E-state index contributed by atoms with van der Waals surface area (Å²) in [5.41, 5.74) is 9.43. The van der Waals surface area contributed by atoms with E-state index < -0.39 is 23.8 Å². The van der Waals surface area contributed by atoms with Gasteiger partial charge in [0.1, 0.15) is 17.5 Å². The summed E-state index contributed by atoms with van der Waals surface area (Å²) >= 11 is 0. The molecule has 9 nitrogen and oxygen atoms in total. The molecule has 3 amide bonds. The number of hydrogen-bond acceptors (Lipinski definition) is 5. The highest BCUT2D eigenvalue weighted by molar-refractivity contribution is 6.18. The Balaban J connectivity index is 1.98. The summed E-state index contributed by atoms with van der Waals surface area (Å²) < 4.78 is 5.10. The minimum atomic E-state index is -1.03. The van der Waals surface area contributed by atoms with Crippen LogP contribution in [0.4, 0.5) is 5.69 Å². The molecular weight excluding hydrogens is 374 g/mol. The Morgan fingerprint density at radius 1 is 1.21 bits per heavy atom. The Kier molecular flexibility index (Phi) is 5.61. The molecular formula is C20H17N5O4. The standard InChI is InChI=1S/C20H17N5O4/c1-12-18(26)22-17(11-13-7-9-14(29-2)10-8-13)20(28)25(12)19(27)15-5-3-4-6-16(15)23-24-21/h3-12H,1-2H3,(H,22,26)/b17-11-. The molecule has 3 rings (SSSR count). The van der Waals surface area contributed by atoms with Crippen molar-refractivity contribution in [2.75, 3.05) is 7.11 Å². The average Bonchev–Trinajstić information content (AvgIpc) is 2.73. The number of hydrogen-bond donors (Lipinski definition) is 1. The molecule has 1 aliphatic heterocycles. The molecule has 1 N–H and O–H groups in total. The number of nitrogens with zero attached hydrogens (tertiary/aromatic N) is 4. The van der Waals surface area contributed by atoms with Crippen LogP contribution in [0.3, 0.4) is 0 Å². The van der Waals surface area contributed by atoms with E-state index in [0.717, 1.165) is 4.90 Å². The highest BCUT2D eigenvalue weighted by Gasteiger charge is 2.39. The molecule has 1 atom stereocenters. The second kappa shape index (κ2) is 8.28. The molecule has 0 saturated carbocycles. The Morgan fingerprint density at radius 3 is 2.55 bits per heavy atom. The van der Waals surface area contributed by atoms with E-state index in [4.69, 9.17) is 10.3 Å². The zero-order valence-corrected chi connectivity index (χ0v) is 15.7. The fourth-order valence-electron chi connectivity index (χ4n) is 2.87. The first-order valence-electron chi connectivity index (χ1n) is 8.65. The maximum Gasteiger partial charge on any atom is 0.277 e. The third-order valence-electron chi connectivity index (χ3n) is 4.41. The van der Waals surface area contributed by atoms with Gasteiger partial charge in [-0.05, 0) is 42.3 Å². The predicted octanol–water partition coefficient (Wildman–Crippen LogP) is 3.17. The number of carbonyl (C=O) groups is 3. The van der Waals surface area contributed by atoms with Crippen molar-refractivity contribution in [1.29, 1.82) is 0 Å². The average molecular weight is 391 g/mol. The van der Waals surface area contributed by atoms with Crippen LogP contribution in [-0.4, -0.2) is 35.8 Å². The highest BCUT2D eigenvalue weighted by Crippen LogP contribution is 2.25. The molecule has 2 aromatic carbocycles. The third-order valence-corrected chi connectivity index (χ3v) is 4.41. The van der Waals surface area contributed by atoms with E-state index in [2.05, 4.69) is 15.3 Å². The normalized spacial score (nSPS) is 17.5. The van der Waals surface area contributed by atoms with Crippen molar-refractivity contribution in [3.63, 3.8) is 0 Å². The van der Waals surface area contributed by atoms with Crippen molar-refractivity contribution in [2.45, 2.75) is 13.0 Å². The molecule has 2 aromatic rings. The second-order valence-electron chi connectivity index (χ2n) is 6.18. The molecule has 9 heteroatoms. The first-order chi connectivity index (χ1) is 14.0. The highest BCUT2D eigenvalue weighted by atomic mass is 16.5. The van der Waals surface area contributed by atoms with Gasteiger partial charge in [0.05, 0.1) is 12.8 Å². The van der Waals surface area contributed by atoms with Gasteiger partial charge in [-0.3, -0.25) is 19.3 Å². The van der Waals surface area contributed by atoms with E-state index in [1.54, 1.807) is 36.4 Å². The van der Waals surface area contributed by atoms with E-state index in [0.29, 0.717) is 11.3 Å². The minimum absolute atomic E-state index is 0.0315. The van der Waals surface area contributed by atoms with Gasteiger partial charge in [0, 0.05) is 10.5 Å². The lowest BCUT2D eigenvalue weighted by Crippen LogP contribution is -2.57. The number of piperazine rings is 1. The van der Waals surface area contributed by atoms with Crippen molar-refractivity contribution in [1.82, 2.24) is 10.2 Å². The number of methoxy groups -OCH3 is 1. The first-order valence-corrected chi connectivity index (χ1v) is 8.65. The zero-order valence-electron chi connectivity index (χ0n) is 15.7. The summed E-state index contributed by atoms with van der Waals surface area (Å²) in [7, 11) is 1.54. The molecule has 1 heterocycles. The van der Waals surface area contributed by atoms with Crippen LogP contribution in [0.15, 0.2) is 59.3 Å². The van der Waals surface area contributed by atoms with E-state index in [-0.39, 0.29) is 16.9 Å². The maximum absolute atomic E-state index is 13.0. The van der Waals surface area contributed by atoms with Crippen LogP contribution in [0, 0.1) is 0 Å². The van der Waals surface area contributed by atoms with Crippen LogP contribution in [0.25, 0.3) is 16.5 Å². The molecule has 0 radical (unpaired) electrons. The lowest BCUT2D eigenvalue weighted by molar-refractivity contribution is -0.138. The van der Waals surface area contributed by atoms with Gasteiger partial charge in [0.15, 0.2) is 0 Å². The molecule has 0 spiro atoms. The van der Waals surface area contributed by atoms with Gasteiger partial charge in [0.25, 0.3) is 11.8 Å². The maximum atomic E-state index is 13.0. The van der Waals surface area contributed by atoms with Crippen molar-refractivity contribution in [3.8, 4) is 5.75 Å². The SMILES string of the molecule is COc1ccc(/C=C2\NC(=O)C(C)N(C(=O)c3ccccc3N=[N+]=[N-])C2=O)cc1. The van der Waals surface area contributed by atoms with Crippen LogP contribution in [0.2, 0.25) is 0 Å². The van der Waals surface area contributed by atoms with E-state index in [1.807, 2.05) is 0 Å². The van der Waals surface area contributed by atoms with Crippen LogP contribution in [0.1, 0.15) is 22.8 Å². The minimum Gasteiger partial charge on any atom is -0.497 e. The van der Waals surface area contributed by atoms with Crippen LogP contribution in [-0.2, 0) is 9.59 Å². The smallest absolute Gasteiger partial charge is 0.277 e. The molecule has 0 aromatic heterocycles. The Bertz CT molecular complexity index is 1050. The van der Waals surface area contributed by atoms with Crippen molar-refractivity contribution in [2.24, 2.45) is 5.11 Å². The second-order valence-corrected chi connectivity index (χ2v) is 6.18. The van der Waals surface area contributed by atoms with Crippen molar-refractivity contribution in [3.05, 3.63) is 75.8 Å². The number of benzene rings is 2. The summed E-state index contributed by atoms with van der Waals surface area (Å²) in [4.78, 5) is 42.0. The van der Waals surface area contributed by atoms with Crippen molar-refractivity contribution >= 4 is 29.5 Å². The van der Waals surface area contributed by atoms with Gasteiger partial charge in [0.2, 0.25) is 5.91 Å². The van der Waals surface area contributed by atoms with Gasteiger partial charge in [-0.2, -0.15) is 0 Å². The van der Waals surface area contributed by atoms with Crippen LogP contribution in [0.5, 0.6) is 5.75 Å². The van der Waals surface area contributed by atoms with Gasteiger partial charge in [-0.25, -0.2) is 0 Å². The quantitative estimate of drug-likeness (QED) is 0.282.